The number of rotatable bonds is 3. The molecule has 3 nitrogen and oxygen atoms in total. The van der Waals surface area contributed by atoms with E-state index in [0.29, 0.717) is 11.0 Å². The summed E-state index contributed by atoms with van der Waals surface area (Å²) >= 11 is 0. The minimum atomic E-state index is -0.524. The largest absolute Gasteiger partial charge is 0.396 e. The van der Waals surface area contributed by atoms with E-state index in [-0.39, 0.29) is 11.6 Å². The molecular formula is C16H23FN2O. The number of anilines is 1. The lowest BCUT2D eigenvalue weighted by Gasteiger charge is -2.41. The number of hydrogen-bond donors (Lipinski definition) is 1. The molecule has 0 radical (unpaired) electrons. The van der Waals surface area contributed by atoms with Gasteiger partial charge in [0.1, 0.15) is 5.82 Å². The third kappa shape index (κ3) is 2.79. The Hall–Kier alpha value is -1.58. The summed E-state index contributed by atoms with van der Waals surface area (Å²) in [6.07, 6.45) is 4.37. The summed E-state index contributed by atoms with van der Waals surface area (Å²) in [5.74, 6) is -0.617. The second-order valence-corrected chi connectivity index (χ2v) is 5.74. The molecule has 0 unspecified atom stereocenters. The van der Waals surface area contributed by atoms with Crippen LogP contribution >= 0.6 is 0 Å². The maximum atomic E-state index is 13.4. The molecule has 0 bridgehead atoms. The first kappa shape index (κ1) is 14.8. The SMILES string of the molecule is CCC1(CC)CCN(C(=O)c2ccc(N)c(F)c2)CC1. The smallest absolute Gasteiger partial charge is 0.253 e. The predicted octanol–water partition coefficient (Wildman–Crippen LogP) is 3.45. The summed E-state index contributed by atoms with van der Waals surface area (Å²) in [7, 11) is 0. The molecule has 0 atom stereocenters. The average molecular weight is 278 g/mol. The van der Waals surface area contributed by atoms with E-state index in [1.807, 2.05) is 4.90 Å². The molecule has 110 valence electrons. The van der Waals surface area contributed by atoms with Gasteiger partial charge in [0, 0.05) is 18.7 Å². The second kappa shape index (κ2) is 5.81. The monoisotopic (exact) mass is 278 g/mol. The molecule has 0 spiro atoms. The molecule has 0 aromatic heterocycles. The zero-order valence-corrected chi connectivity index (χ0v) is 12.3. The molecule has 1 aliphatic heterocycles. The molecule has 4 heteroatoms. The van der Waals surface area contributed by atoms with E-state index in [1.54, 1.807) is 6.07 Å². The van der Waals surface area contributed by atoms with Gasteiger partial charge in [0.15, 0.2) is 0 Å². The van der Waals surface area contributed by atoms with Crippen LogP contribution in [0.5, 0.6) is 0 Å². The van der Waals surface area contributed by atoms with Gasteiger partial charge in [-0.15, -0.1) is 0 Å². The van der Waals surface area contributed by atoms with Crippen molar-refractivity contribution in [3.05, 3.63) is 29.6 Å². The number of carbonyl (C=O) groups is 1. The molecule has 1 aromatic carbocycles. The van der Waals surface area contributed by atoms with Crippen LogP contribution in [0.15, 0.2) is 18.2 Å². The summed E-state index contributed by atoms with van der Waals surface area (Å²) in [5, 5.41) is 0. The fraction of sp³-hybridized carbons (Fsp3) is 0.562. The van der Waals surface area contributed by atoms with Crippen LogP contribution in [0.1, 0.15) is 49.9 Å². The molecule has 1 amide bonds. The summed E-state index contributed by atoms with van der Waals surface area (Å²) in [6.45, 7) is 5.95. The van der Waals surface area contributed by atoms with Gasteiger partial charge < -0.3 is 10.6 Å². The number of nitrogens with two attached hydrogens (primary N) is 1. The van der Waals surface area contributed by atoms with Crippen LogP contribution in [0.25, 0.3) is 0 Å². The van der Waals surface area contributed by atoms with E-state index in [9.17, 15) is 9.18 Å². The third-order valence-corrected chi connectivity index (χ3v) is 4.86. The lowest BCUT2D eigenvalue weighted by Crippen LogP contribution is -2.42. The third-order valence-electron chi connectivity index (χ3n) is 4.86. The number of hydrogen-bond acceptors (Lipinski definition) is 2. The van der Waals surface area contributed by atoms with Crippen molar-refractivity contribution in [2.45, 2.75) is 39.5 Å². The molecule has 0 saturated carbocycles. The maximum absolute atomic E-state index is 13.4. The quantitative estimate of drug-likeness (QED) is 0.861. The molecule has 1 aromatic rings. The van der Waals surface area contributed by atoms with Crippen LogP contribution in [0.3, 0.4) is 0 Å². The topological polar surface area (TPSA) is 46.3 Å². The molecule has 1 aliphatic rings. The lowest BCUT2D eigenvalue weighted by molar-refractivity contribution is 0.0557. The Bertz CT molecular complexity index is 487. The molecule has 2 rings (SSSR count). The van der Waals surface area contributed by atoms with Crippen LogP contribution in [0.2, 0.25) is 0 Å². The summed E-state index contributed by atoms with van der Waals surface area (Å²) in [5.41, 5.74) is 6.28. The number of halogens is 1. The first-order valence-electron chi connectivity index (χ1n) is 7.35. The van der Waals surface area contributed by atoms with Crippen molar-refractivity contribution < 1.29 is 9.18 Å². The Labute approximate surface area is 120 Å². The Morgan fingerprint density at radius 2 is 1.90 bits per heavy atom. The highest BCUT2D eigenvalue weighted by Gasteiger charge is 2.33. The van der Waals surface area contributed by atoms with Crippen molar-refractivity contribution in [3.63, 3.8) is 0 Å². The van der Waals surface area contributed by atoms with Gasteiger partial charge in [-0.2, -0.15) is 0 Å². The maximum Gasteiger partial charge on any atom is 0.253 e. The number of nitrogen functional groups attached to an aromatic ring is 1. The van der Waals surface area contributed by atoms with Crippen molar-refractivity contribution in [1.82, 2.24) is 4.90 Å². The number of benzene rings is 1. The molecule has 2 N–H and O–H groups in total. The highest BCUT2D eigenvalue weighted by Crippen LogP contribution is 2.38. The van der Waals surface area contributed by atoms with Crippen LogP contribution in [0, 0.1) is 11.2 Å². The first-order valence-corrected chi connectivity index (χ1v) is 7.35. The molecular weight excluding hydrogens is 255 g/mol. The van der Waals surface area contributed by atoms with Crippen molar-refractivity contribution >= 4 is 11.6 Å². The zero-order chi connectivity index (χ0) is 14.8. The van der Waals surface area contributed by atoms with Gasteiger partial charge in [-0.05, 0) is 36.5 Å². The standard InChI is InChI=1S/C16H23FN2O/c1-3-16(4-2)7-9-19(10-8-16)15(20)12-5-6-14(18)13(17)11-12/h5-6,11H,3-4,7-10,18H2,1-2H3. The zero-order valence-electron chi connectivity index (χ0n) is 12.3. The number of carbonyl (C=O) groups excluding carboxylic acids is 1. The molecule has 0 aliphatic carbocycles. The molecule has 1 heterocycles. The predicted molar refractivity (Wildman–Crippen MR) is 79.0 cm³/mol. The highest BCUT2D eigenvalue weighted by molar-refractivity contribution is 5.94. The van der Waals surface area contributed by atoms with Gasteiger partial charge in [-0.1, -0.05) is 26.7 Å². The van der Waals surface area contributed by atoms with Gasteiger partial charge >= 0.3 is 0 Å². The Morgan fingerprint density at radius 1 is 1.30 bits per heavy atom. The highest BCUT2D eigenvalue weighted by atomic mass is 19.1. The van der Waals surface area contributed by atoms with E-state index in [4.69, 9.17) is 5.73 Å². The lowest BCUT2D eigenvalue weighted by atomic mass is 9.74. The van der Waals surface area contributed by atoms with E-state index >= 15 is 0 Å². The van der Waals surface area contributed by atoms with Gasteiger partial charge in [0.05, 0.1) is 5.69 Å². The minimum Gasteiger partial charge on any atom is -0.396 e. The van der Waals surface area contributed by atoms with E-state index in [1.165, 1.54) is 12.1 Å². The molecule has 20 heavy (non-hydrogen) atoms. The van der Waals surface area contributed by atoms with Gasteiger partial charge in [0.2, 0.25) is 0 Å². The number of piperidine rings is 1. The van der Waals surface area contributed by atoms with Crippen molar-refractivity contribution in [1.29, 1.82) is 0 Å². The van der Waals surface area contributed by atoms with Gasteiger partial charge in [0.25, 0.3) is 5.91 Å². The van der Waals surface area contributed by atoms with Crippen LogP contribution in [-0.2, 0) is 0 Å². The number of amides is 1. The van der Waals surface area contributed by atoms with Crippen molar-refractivity contribution in [3.8, 4) is 0 Å². The average Bonchev–Trinajstić information content (AvgIpc) is 2.49. The number of nitrogens with zero attached hydrogens (tertiary/aromatic N) is 1. The Morgan fingerprint density at radius 3 is 2.40 bits per heavy atom. The van der Waals surface area contributed by atoms with Gasteiger partial charge in [-0.3, -0.25) is 4.79 Å². The fourth-order valence-electron chi connectivity index (χ4n) is 2.98. The van der Waals surface area contributed by atoms with Crippen LogP contribution < -0.4 is 5.73 Å². The normalized spacial score (nSPS) is 18.1. The summed E-state index contributed by atoms with van der Waals surface area (Å²) < 4.78 is 13.4. The second-order valence-electron chi connectivity index (χ2n) is 5.74. The van der Waals surface area contributed by atoms with Gasteiger partial charge in [-0.25, -0.2) is 4.39 Å². The number of likely N-dealkylation sites (tertiary alicyclic amines) is 1. The van der Waals surface area contributed by atoms with Crippen LogP contribution in [-0.4, -0.2) is 23.9 Å². The molecule has 1 saturated heterocycles. The Balaban J connectivity index is 2.06. The van der Waals surface area contributed by atoms with E-state index in [2.05, 4.69) is 13.8 Å². The molecule has 1 fully saturated rings. The summed E-state index contributed by atoms with van der Waals surface area (Å²) in [4.78, 5) is 14.2. The van der Waals surface area contributed by atoms with Crippen LogP contribution in [0.4, 0.5) is 10.1 Å². The minimum absolute atomic E-state index is 0.0798. The summed E-state index contributed by atoms with van der Waals surface area (Å²) in [6, 6.07) is 4.29. The Kier molecular flexibility index (Phi) is 4.31. The van der Waals surface area contributed by atoms with E-state index < -0.39 is 5.82 Å². The van der Waals surface area contributed by atoms with E-state index in [0.717, 1.165) is 38.8 Å². The van der Waals surface area contributed by atoms with Crippen molar-refractivity contribution in [2.24, 2.45) is 5.41 Å². The fourth-order valence-corrected chi connectivity index (χ4v) is 2.98. The van der Waals surface area contributed by atoms with Crippen molar-refractivity contribution in [2.75, 3.05) is 18.8 Å². The first-order chi connectivity index (χ1) is 9.51.